The number of fused-ring (bicyclic) bond motifs is 2. The van der Waals surface area contributed by atoms with Gasteiger partial charge in [0.15, 0.2) is 5.76 Å². The van der Waals surface area contributed by atoms with E-state index in [1.165, 1.54) is 18.6 Å². The molecule has 1 aromatic rings. The van der Waals surface area contributed by atoms with E-state index in [1.54, 1.807) is 0 Å². The number of nitrogens with zero attached hydrogens (tertiary/aromatic N) is 1. The smallest absolute Gasteiger partial charge is 0.395 e. The van der Waals surface area contributed by atoms with Crippen molar-refractivity contribution in [1.29, 1.82) is 0 Å². The first-order valence-corrected chi connectivity index (χ1v) is 7.35. The normalized spacial score (nSPS) is 31.7. The third kappa shape index (κ3) is 2.78. The topological polar surface area (TPSA) is 111 Å². The lowest BCUT2D eigenvalue weighted by Crippen LogP contribution is -2.53. The second-order valence-corrected chi connectivity index (χ2v) is 6.08. The highest BCUT2D eigenvalue weighted by Crippen LogP contribution is 2.39. The highest BCUT2D eigenvalue weighted by Gasteiger charge is 2.40. The minimum Gasteiger partial charge on any atom is -0.395 e. The summed E-state index contributed by atoms with van der Waals surface area (Å²) >= 11 is 0. The summed E-state index contributed by atoms with van der Waals surface area (Å²) in [5.74, 6) is 0.0175. The average molecular weight is 293 g/mol. The molecule has 1 amide bonds. The molecule has 1 heterocycles. The van der Waals surface area contributed by atoms with Crippen LogP contribution in [-0.4, -0.2) is 22.9 Å². The number of hydrogen-bond acceptors (Lipinski definition) is 5. The van der Waals surface area contributed by atoms with Crippen LogP contribution in [-0.2, 0) is 0 Å². The van der Waals surface area contributed by atoms with Crippen LogP contribution in [0, 0.1) is 22.0 Å². The van der Waals surface area contributed by atoms with Crippen LogP contribution in [0.25, 0.3) is 0 Å². The molecule has 2 unspecified atom stereocenters. The van der Waals surface area contributed by atoms with E-state index in [0.29, 0.717) is 11.8 Å². The fourth-order valence-electron chi connectivity index (χ4n) is 3.80. The Morgan fingerprint density at radius 1 is 1.33 bits per heavy atom. The predicted octanol–water partition coefficient (Wildman–Crippen LogP) is 1.82. The van der Waals surface area contributed by atoms with Crippen LogP contribution in [0.4, 0.5) is 5.88 Å². The lowest BCUT2D eigenvalue weighted by Gasteiger charge is -2.45. The van der Waals surface area contributed by atoms with Gasteiger partial charge in [0, 0.05) is 12.1 Å². The summed E-state index contributed by atoms with van der Waals surface area (Å²) in [6, 6.07) is 2.87. The summed E-state index contributed by atoms with van der Waals surface area (Å²) in [7, 11) is 0. The van der Waals surface area contributed by atoms with Gasteiger partial charge in [-0.1, -0.05) is 6.42 Å². The Hall–Kier alpha value is -1.89. The molecule has 0 radical (unpaired) electrons. The van der Waals surface area contributed by atoms with Gasteiger partial charge in [-0.05, 0) is 43.6 Å². The molecular formula is C14H19N3O4. The Morgan fingerprint density at radius 2 is 2.00 bits per heavy atom. The average Bonchev–Trinajstić information content (AvgIpc) is 2.89. The van der Waals surface area contributed by atoms with E-state index in [9.17, 15) is 14.9 Å². The first-order chi connectivity index (χ1) is 10.0. The molecule has 2 fully saturated rings. The lowest BCUT2D eigenvalue weighted by molar-refractivity contribution is -0.402. The van der Waals surface area contributed by atoms with Crippen molar-refractivity contribution < 1.29 is 14.1 Å². The Balaban J connectivity index is 1.70. The number of rotatable bonds is 3. The molecule has 0 spiro atoms. The fraction of sp³-hybridized carbons (Fsp3) is 0.643. The number of carbonyl (C=O) groups is 1. The monoisotopic (exact) mass is 293 g/mol. The maximum Gasteiger partial charge on any atom is 0.433 e. The van der Waals surface area contributed by atoms with Crippen LogP contribution in [0.15, 0.2) is 16.5 Å². The van der Waals surface area contributed by atoms with Crippen molar-refractivity contribution in [3.05, 3.63) is 28.0 Å². The molecule has 114 valence electrons. The molecule has 0 aliphatic heterocycles. The molecule has 1 aromatic heterocycles. The molecule has 21 heavy (non-hydrogen) atoms. The quantitative estimate of drug-likeness (QED) is 0.652. The van der Waals surface area contributed by atoms with Crippen LogP contribution in [0.3, 0.4) is 0 Å². The summed E-state index contributed by atoms with van der Waals surface area (Å²) < 4.78 is 4.96. The molecule has 7 heteroatoms. The predicted molar refractivity (Wildman–Crippen MR) is 74.7 cm³/mol. The maximum atomic E-state index is 12.2. The van der Waals surface area contributed by atoms with E-state index in [4.69, 9.17) is 10.2 Å². The summed E-state index contributed by atoms with van der Waals surface area (Å²) in [5.41, 5.74) is 6.06. The van der Waals surface area contributed by atoms with Gasteiger partial charge in [0.25, 0.3) is 5.91 Å². The largest absolute Gasteiger partial charge is 0.433 e. The number of amides is 1. The second-order valence-electron chi connectivity index (χ2n) is 6.08. The summed E-state index contributed by atoms with van der Waals surface area (Å²) in [4.78, 5) is 22.1. The van der Waals surface area contributed by atoms with E-state index in [1.807, 2.05) is 0 Å². The van der Waals surface area contributed by atoms with Crippen LogP contribution < -0.4 is 11.1 Å². The van der Waals surface area contributed by atoms with Crippen LogP contribution in [0.5, 0.6) is 0 Å². The highest BCUT2D eigenvalue weighted by molar-refractivity contribution is 5.92. The van der Waals surface area contributed by atoms with Crippen molar-refractivity contribution in [3.8, 4) is 0 Å². The van der Waals surface area contributed by atoms with Gasteiger partial charge in [0.1, 0.15) is 4.92 Å². The zero-order valence-electron chi connectivity index (χ0n) is 11.7. The highest BCUT2D eigenvalue weighted by atomic mass is 16.6. The first kappa shape index (κ1) is 14.1. The van der Waals surface area contributed by atoms with Crippen molar-refractivity contribution in [2.45, 2.75) is 44.2 Å². The zero-order chi connectivity index (χ0) is 15.0. The third-order valence-electron chi connectivity index (χ3n) is 4.67. The van der Waals surface area contributed by atoms with Gasteiger partial charge >= 0.3 is 5.88 Å². The molecule has 3 rings (SSSR count). The molecule has 2 aliphatic carbocycles. The number of nitrogens with two attached hydrogens (primary N) is 1. The summed E-state index contributed by atoms with van der Waals surface area (Å²) in [6.07, 6.45) is 5.20. The molecule has 0 aromatic carbocycles. The van der Waals surface area contributed by atoms with Gasteiger partial charge in [-0.2, -0.15) is 0 Å². The van der Waals surface area contributed by atoms with Gasteiger partial charge in [0.05, 0.1) is 6.07 Å². The van der Waals surface area contributed by atoms with Crippen LogP contribution >= 0.6 is 0 Å². The van der Waals surface area contributed by atoms with Crippen molar-refractivity contribution in [2.75, 3.05) is 0 Å². The maximum absolute atomic E-state index is 12.2. The molecular weight excluding hydrogens is 274 g/mol. The summed E-state index contributed by atoms with van der Waals surface area (Å²) in [6.45, 7) is 0. The van der Waals surface area contributed by atoms with E-state index < -0.39 is 10.8 Å². The van der Waals surface area contributed by atoms with Gasteiger partial charge in [-0.25, -0.2) is 0 Å². The molecule has 7 nitrogen and oxygen atoms in total. The first-order valence-electron chi connectivity index (χ1n) is 7.35. The summed E-state index contributed by atoms with van der Waals surface area (Å²) in [5, 5.41) is 13.6. The second kappa shape index (κ2) is 5.48. The van der Waals surface area contributed by atoms with Crippen molar-refractivity contribution >= 4 is 11.8 Å². The minimum absolute atomic E-state index is 0.00496. The number of furan rings is 1. The van der Waals surface area contributed by atoms with Crippen molar-refractivity contribution in [2.24, 2.45) is 17.6 Å². The van der Waals surface area contributed by atoms with E-state index in [2.05, 4.69) is 5.32 Å². The molecule has 2 atom stereocenters. The number of carbonyl (C=O) groups excluding carboxylic acids is 1. The van der Waals surface area contributed by atoms with Gasteiger partial charge in [-0.3, -0.25) is 14.9 Å². The van der Waals surface area contributed by atoms with Gasteiger partial charge in [-0.15, -0.1) is 0 Å². The Bertz CT molecular complexity index is 542. The third-order valence-corrected chi connectivity index (χ3v) is 4.67. The zero-order valence-corrected chi connectivity index (χ0v) is 11.7. The van der Waals surface area contributed by atoms with Crippen molar-refractivity contribution in [1.82, 2.24) is 5.32 Å². The lowest BCUT2D eigenvalue weighted by atomic mass is 9.67. The minimum atomic E-state index is -0.648. The molecule has 2 aliphatic rings. The molecule has 2 bridgehead atoms. The number of nitrogens with one attached hydrogen (secondary N) is 1. The molecule has 2 saturated carbocycles. The Labute approximate surface area is 122 Å². The van der Waals surface area contributed by atoms with Gasteiger partial charge < -0.3 is 15.5 Å². The van der Waals surface area contributed by atoms with E-state index in [0.717, 1.165) is 25.7 Å². The van der Waals surface area contributed by atoms with E-state index in [-0.39, 0.29) is 23.8 Å². The standard InChI is InChI=1S/C14H19N3O4/c15-10-6-8-2-1-3-9(7-10)13(8)16-14(18)11-4-5-12(21-11)17(19)20/h4-5,8-10,13H,1-3,6-7,15H2,(H,16,18). The van der Waals surface area contributed by atoms with Gasteiger partial charge in [0.2, 0.25) is 0 Å². The van der Waals surface area contributed by atoms with Crippen molar-refractivity contribution in [3.63, 3.8) is 0 Å². The number of hydrogen-bond donors (Lipinski definition) is 2. The van der Waals surface area contributed by atoms with Crippen LogP contribution in [0.1, 0.15) is 42.7 Å². The molecule has 3 N–H and O–H groups in total. The fourth-order valence-corrected chi connectivity index (χ4v) is 3.80. The molecule has 0 saturated heterocycles. The number of nitro groups is 1. The Kier molecular flexibility index (Phi) is 3.67. The SMILES string of the molecule is NC1CC2CCCC(C1)C2NC(=O)c1ccc([N+](=O)[O-])o1. The van der Waals surface area contributed by atoms with E-state index >= 15 is 0 Å². The van der Waals surface area contributed by atoms with Crippen LogP contribution in [0.2, 0.25) is 0 Å². The Morgan fingerprint density at radius 3 is 2.57 bits per heavy atom.